The van der Waals surface area contributed by atoms with Crippen LogP contribution in [0.3, 0.4) is 0 Å². The van der Waals surface area contributed by atoms with Crippen LogP contribution in [0.1, 0.15) is 18.4 Å². The van der Waals surface area contributed by atoms with E-state index in [9.17, 15) is 0 Å². The Kier molecular flexibility index (Phi) is 4.88. The van der Waals surface area contributed by atoms with Crippen LogP contribution in [0.25, 0.3) is 0 Å². The first-order valence-electron chi connectivity index (χ1n) is 6.71. The highest BCUT2D eigenvalue weighted by molar-refractivity contribution is 9.10. The van der Waals surface area contributed by atoms with Crippen molar-refractivity contribution < 1.29 is 5.21 Å². The minimum atomic E-state index is 0.150. The Balaban J connectivity index is 2.36. The first-order chi connectivity index (χ1) is 9.52. The summed E-state index contributed by atoms with van der Waals surface area (Å²) in [5.41, 5.74) is 7.63. The fourth-order valence-corrected chi connectivity index (χ4v) is 3.14. The van der Waals surface area contributed by atoms with Crippen LogP contribution in [-0.4, -0.2) is 49.2 Å². The summed E-state index contributed by atoms with van der Waals surface area (Å²) in [5, 5.41) is 12.1. The quantitative estimate of drug-likeness (QED) is 0.381. The summed E-state index contributed by atoms with van der Waals surface area (Å²) < 4.78 is 0.922. The van der Waals surface area contributed by atoms with E-state index in [-0.39, 0.29) is 5.84 Å². The highest BCUT2D eigenvalue weighted by atomic mass is 79.9. The molecule has 1 aromatic rings. The Hall–Kier alpha value is -1.27. The van der Waals surface area contributed by atoms with E-state index in [0.717, 1.165) is 28.8 Å². The van der Waals surface area contributed by atoms with Crippen molar-refractivity contribution in [2.45, 2.75) is 18.9 Å². The molecule has 0 aliphatic carbocycles. The lowest BCUT2D eigenvalue weighted by Gasteiger charge is -2.30. The predicted molar refractivity (Wildman–Crippen MR) is 85.6 cm³/mol. The zero-order valence-corrected chi connectivity index (χ0v) is 13.5. The van der Waals surface area contributed by atoms with Crippen molar-refractivity contribution in [3.63, 3.8) is 0 Å². The van der Waals surface area contributed by atoms with E-state index < -0.39 is 0 Å². The van der Waals surface area contributed by atoms with Gasteiger partial charge in [-0.25, -0.2) is 0 Å². The average molecular weight is 341 g/mol. The molecule has 1 unspecified atom stereocenters. The molecular weight excluding hydrogens is 320 g/mol. The van der Waals surface area contributed by atoms with Gasteiger partial charge < -0.3 is 20.7 Å². The van der Waals surface area contributed by atoms with Crippen LogP contribution in [0, 0.1) is 0 Å². The summed E-state index contributed by atoms with van der Waals surface area (Å²) in [5.74, 6) is 0.150. The Morgan fingerprint density at radius 2 is 2.30 bits per heavy atom. The molecule has 0 radical (unpaired) electrons. The van der Waals surface area contributed by atoms with E-state index in [0.29, 0.717) is 6.04 Å². The van der Waals surface area contributed by atoms with Crippen molar-refractivity contribution in [2.75, 3.05) is 32.1 Å². The molecule has 0 amide bonds. The SMILES string of the molecule is CN(C)CC1CCCN1c1ccc(Br)cc1/C(N)=N/O. The Morgan fingerprint density at radius 1 is 1.55 bits per heavy atom. The predicted octanol–water partition coefficient (Wildman–Crippen LogP) is 2.07. The molecule has 110 valence electrons. The molecule has 3 N–H and O–H groups in total. The van der Waals surface area contributed by atoms with Gasteiger partial charge in [0, 0.05) is 34.9 Å². The van der Waals surface area contributed by atoms with E-state index in [4.69, 9.17) is 10.9 Å². The maximum absolute atomic E-state index is 8.98. The third-order valence-corrected chi connectivity index (χ3v) is 4.10. The molecule has 1 fully saturated rings. The fourth-order valence-electron chi connectivity index (χ4n) is 2.78. The molecule has 1 aromatic carbocycles. The van der Waals surface area contributed by atoms with Gasteiger partial charge in [-0.15, -0.1) is 0 Å². The third-order valence-electron chi connectivity index (χ3n) is 3.60. The van der Waals surface area contributed by atoms with Crippen LogP contribution in [0.2, 0.25) is 0 Å². The van der Waals surface area contributed by atoms with Crippen molar-refractivity contribution in [3.8, 4) is 0 Å². The number of halogens is 1. The molecule has 1 aliphatic heterocycles. The van der Waals surface area contributed by atoms with Crippen LogP contribution in [0.15, 0.2) is 27.8 Å². The van der Waals surface area contributed by atoms with E-state index in [1.807, 2.05) is 18.2 Å². The summed E-state index contributed by atoms with van der Waals surface area (Å²) in [6, 6.07) is 6.39. The molecule has 20 heavy (non-hydrogen) atoms. The van der Waals surface area contributed by atoms with Gasteiger partial charge in [0.15, 0.2) is 5.84 Å². The lowest BCUT2D eigenvalue weighted by molar-refractivity contribution is 0.318. The zero-order chi connectivity index (χ0) is 14.7. The van der Waals surface area contributed by atoms with Crippen LogP contribution >= 0.6 is 15.9 Å². The molecule has 0 aromatic heterocycles. The Labute approximate surface area is 128 Å². The smallest absolute Gasteiger partial charge is 0.172 e. The van der Waals surface area contributed by atoms with Gasteiger partial charge >= 0.3 is 0 Å². The molecule has 5 nitrogen and oxygen atoms in total. The number of amidine groups is 1. The Morgan fingerprint density at radius 3 is 2.95 bits per heavy atom. The van der Waals surface area contributed by atoms with Gasteiger partial charge in [-0.1, -0.05) is 21.1 Å². The largest absolute Gasteiger partial charge is 0.409 e. The topological polar surface area (TPSA) is 65.1 Å². The number of likely N-dealkylation sites (N-methyl/N-ethyl adjacent to an activating group) is 1. The fraction of sp³-hybridized carbons (Fsp3) is 0.500. The molecule has 1 heterocycles. The summed E-state index contributed by atoms with van der Waals surface area (Å²) in [6.07, 6.45) is 2.34. The number of rotatable bonds is 4. The molecule has 0 saturated carbocycles. The number of hydrogen-bond acceptors (Lipinski definition) is 4. The zero-order valence-electron chi connectivity index (χ0n) is 11.9. The summed E-state index contributed by atoms with van der Waals surface area (Å²) in [4.78, 5) is 4.56. The second kappa shape index (κ2) is 6.45. The second-order valence-corrected chi connectivity index (χ2v) is 6.31. The molecule has 1 saturated heterocycles. The van der Waals surface area contributed by atoms with Crippen LogP contribution < -0.4 is 10.6 Å². The van der Waals surface area contributed by atoms with E-state index in [1.165, 1.54) is 12.8 Å². The molecule has 0 bridgehead atoms. The van der Waals surface area contributed by atoms with Crippen molar-refractivity contribution in [2.24, 2.45) is 10.9 Å². The molecule has 6 heteroatoms. The van der Waals surface area contributed by atoms with Gasteiger partial charge in [-0.05, 0) is 45.1 Å². The maximum Gasteiger partial charge on any atom is 0.172 e. The highest BCUT2D eigenvalue weighted by Gasteiger charge is 2.27. The van der Waals surface area contributed by atoms with Crippen molar-refractivity contribution in [1.82, 2.24) is 4.90 Å². The normalized spacial score (nSPS) is 19.9. The van der Waals surface area contributed by atoms with Crippen molar-refractivity contribution in [3.05, 3.63) is 28.2 Å². The molecule has 0 spiro atoms. The third kappa shape index (κ3) is 3.24. The van der Waals surface area contributed by atoms with Gasteiger partial charge in [-0.3, -0.25) is 0 Å². The van der Waals surface area contributed by atoms with Gasteiger partial charge in [0.2, 0.25) is 0 Å². The highest BCUT2D eigenvalue weighted by Crippen LogP contribution is 2.31. The van der Waals surface area contributed by atoms with E-state index in [1.54, 1.807) is 0 Å². The molecular formula is C14H21BrN4O. The van der Waals surface area contributed by atoms with Gasteiger partial charge in [-0.2, -0.15) is 0 Å². The number of nitrogens with zero attached hydrogens (tertiary/aromatic N) is 3. The average Bonchev–Trinajstić information content (AvgIpc) is 2.85. The maximum atomic E-state index is 8.98. The summed E-state index contributed by atoms with van der Waals surface area (Å²) in [7, 11) is 4.17. The van der Waals surface area contributed by atoms with Crippen LogP contribution in [-0.2, 0) is 0 Å². The number of benzene rings is 1. The second-order valence-electron chi connectivity index (χ2n) is 5.40. The summed E-state index contributed by atoms with van der Waals surface area (Å²) >= 11 is 3.44. The number of nitrogens with two attached hydrogens (primary N) is 1. The molecule has 1 aliphatic rings. The van der Waals surface area contributed by atoms with E-state index in [2.05, 4.69) is 45.0 Å². The van der Waals surface area contributed by atoms with Gasteiger partial charge in [0.25, 0.3) is 0 Å². The number of oxime groups is 1. The first-order valence-corrected chi connectivity index (χ1v) is 7.51. The van der Waals surface area contributed by atoms with E-state index >= 15 is 0 Å². The van der Waals surface area contributed by atoms with Gasteiger partial charge in [0.1, 0.15) is 0 Å². The first kappa shape index (κ1) is 15.1. The lowest BCUT2D eigenvalue weighted by Crippen LogP contribution is -2.38. The lowest BCUT2D eigenvalue weighted by atomic mass is 10.1. The van der Waals surface area contributed by atoms with Gasteiger partial charge in [0.05, 0.1) is 0 Å². The monoisotopic (exact) mass is 340 g/mol. The minimum Gasteiger partial charge on any atom is -0.409 e. The van der Waals surface area contributed by atoms with Crippen molar-refractivity contribution >= 4 is 27.5 Å². The summed E-state index contributed by atoms with van der Waals surface area (Å²) in [6.45, 7) is 2.01. The molecule has 2 rings (SSSR count). The van der Waals surface area contributed by atoms with Crippen molar-refractivity contribution in [1.29, 1.82) is 0 Å². The van der Waals surface area contributed by atoms with Crippen LogP contribution in [0.4, 0.5) is 5.69 Å². The Bertz CT molecular complexity index is 504. The number of hydrogen-bond donors (Lipinski definition) is 2. The van der Waals surface area contributed by atoms with Crippen LogP contribution in [0.5, 0.6) is 0 Å². The standard InChI is InChI=1S/C14H21BrN4O/c1-18(2)9-11-4-3-7-19(11)13-6-5-10(15)8-12(13)14(16)17-20/h5-6,8,11,20H,3-4,7,9H2,1-2H3,(H2,16,17). The number of anilines is 1. The minimum absolute atomic E-state index is 0.150. The molecule has 1 atom stereocenters.